The first-order valence-electron chi connectivity index (χ1n) is 30.5. The fourth-order valence-electron chi connectivity index (χ4n) is 12.0. The topological polar surface area (TPSA) is 591 Å². The van der Waals surface area contributed by atoms with E-state index in [1.807, 2.05) is 0 Å². The van der Waals surface area contributed by atoms with Crippen molar-refractivity contribution < 1.29 is 168 Å². The fourth-order valence-corrected chi connectivity index (χ4v) is 12.0. The average molecular weight is 1360 g/mol. The fraction of sp³-hybridized carbons (Fsp3) is 0.891. The molecule has 93 heavy (non-hydrogen) atoms. The molecule has 6 heterocycles. The number of hydrogen-bond donors (Lipinski definition) is 22. The smallest absolute Gasteiger partial charge is 0.243 e. The highest BCUT2D eigenvalue weighted by Crippen LogP contribution is 2.35. The number of amides is 4. The van der Waals surface area contributed by atoms with Gasteiger partial charge in [-0.25, -0.2) is 0 Å². The van der Waals surface area contributed by atoms with Gasteiger partial charge in [0, 0.05) is 46.1 Å². The van der Waals surface area contributed by atoms with Crippen LogP contribution >= 0.6 is 0 Å². The van der Waals surface area contributed by atoms with Crippen LogP contribution in [0, 0.1) is 0 Å². The number of carbonyl (C=O) groups is 4. The lowest BCUT2D eigenvalue weighted by Crippen LogP contribution is -2.67. The predicted octanol–water partition coefficient (Wildman–Crippen LogP) is -12.3. The average Bonchev–Trinajstić information content (AvgIpc) is 0.856. The quantitative estimate of drug-likeness (QED) is 0.0220. The third-order valence-corrected chi connectivity index (χ3v) is 16.9. The third kappa shape index (κ3) is 19.6. The standard InChI is InChI=1S/C55H94N4O34/c1-5-30(69)59-55(9-6-12-82-49-31(56-21(2)66)37(73)46(27(18-63)88-49)91-52-43(79)40(76)34(70)24(15-60)85-52,10-7-13-83-50-32(57-22(3)67)38(74)47(28(19-64)89-50)92-53-44(80)41(77)35(71)25(16-61)86-53)11-8-14-84-51-33(58-23(4)68)39(75)48(29(20-65)90-51)93-54-45(81)42(78)36(72)26(17-62)87-54/h5,24-29,31-54,60-65,70-81H,1,6-20H2,2-4H3,(H,56,66)(H,57,67)(H,58,68)(H,59,69)/t24-,25-,26-,27-,28-,29-,31-,32-,33-,34+,35+,36+,37-,38-,39-,40+,41+,42+,43-,44-,45-,46-,47-,48-,49-,50-,51-,52+,53+,54+/m1/s1. The van der Waals surface area contributed by atoms with Crippen molar-refractivity contribution in [2.24, 2.45) is 0 Å². The van der Waals surface area contributed by atoms with Crippen molar-refractivity contribution >= 4 is 23.6 Å². The first-order chi connectivity index (χ1) is 44.1. The summed E-state index contributed by atoms with van der Waals surface area (Å²) in [6.07, 6.45) is -44.8. The highest BCUT2D eigenvalue weighted by molar-refractivity contribution is 5.87. The molecule has 6 aliphatic heterocycles. The normalized spacial score (nSPS) is 41.6. The van der Waals surface area contributed by atoms with Crippen LogP contribution in [0.1, 0.15) is 59.3 Å². The molecule has 0 aromatic carbocycles. The molecule has 0 unspecified atom stereocenters. The van der Waals surface area contributed by atoms with Gasteiger partial charge in [0.25, 0.3) is 0 Å². The lowest BCUT2D eigenvalue weighted by atomic mass is 9.83. The van der Waals surface area contributed by atoms with Crippen LogP contribution in [0.2, 0.25) is 0 Å². The number of hydrogen-bond acceptors (Lipinski definition) is 34. The van der Waals surface area contributed by atoms with Gasteiger partial charge >= 0.3 is 0 Å². The molecule has 6 rings (SSSR count). The van der Waals surface area contributed by atoms with Gasteiger partial charge in [0.1, 0.15) is 146 Å². The van der Waals surface area contributed by atoms with Crippen LogP contribution < -0.4 is 21.3 Å². The molecule has 6 aliphatic rings. The van der Waals surface area contributed by atoms with Crippen molar-refractivity contribution in [1.82, 2.24) is 21.3 Å². The second-order valence-electron chi connectivity index (χ2n) is 23.6. The molecule has 6 fully saturated rings. The number of aliphatic hydroxyl groups is 18. The van der Waals surface area contributed by atoms with E-state index in [9.17, 15) is 111 Å². The Balaban J connectivity index is 1.21. The largest absolute Gasteiger partial charge is 0.394 e. The van der Waals surface area contributed by atoms with Crippen LogP contribution in [0.3, 0.4) is 0 Å². The van der Waals surface area contributed by atoms with Gasteiger partial charge < -0.3 is 170 Å². The van der Waals surface area contributed by atoms with E-state index in [4.69, 9.17) is 56.8 Å². The molecule has 0 bridgehead atoms. The zero-order valence-corrected chi connectivity index (χ0v) is 51.3. The number of rotatable bonds is 32. The van der Waals surface area contributed by atoms with Crippen LogP contribution in [-0.4, -0.2) is 365 Å². The number of nitrogens with one attached hydrogen (secondary N) is 4. The van der Waals surface area contributed by atoms with Gasteiger partial charge in [-0.2, -0.15) is 0 Å². The van der Waals surface area contributed by atoms with Crippen LogP contribution in [0.15, 0.2) is 12.7 Å². The van der Waals surface area contributed by atoms with Crippen molar-refractivity contribution in [3.63, 3.8) is 0 Å². The predicted molar refractivity (Wildman–Crippen MR) is 301 cm³/mol. The summed E-state index contributed by atoms with van der Waals surface area (Å²) in [5, 5.41) is 200. The number of aliphatic hydroxyl groups excluding tert-OH is 18. The van der Waals surface area contributed by atoms with Gasteiger partial charge in [0.2, 0.25) is 23.6 Å². The molecule has 6 saturated heterocycles. The molecule has 0 spiro atoms. The Morgan fingerprint density at radius 3 is 0.849 bits per heavy atom. The first kappa shape index (κ1) is 78.4. The molecule has 0 saturated carbocycles. The second kappa shape index (κ2) is 36.3. The van der Waals surface area contributed by atoms with Gasteiger partial charge in [-0.1, -0.05) is 6.58 Å². The molecule has 538 valence electrons. The van der Waals surface area contributed by atoms with Gasteiger partial charge in [0.15, 0.2) is 37.7 Å². The molecule has 38 heteroatoms. The van der Waals surface area contributed by atoms with Crippen molar-refractivity contribution in [2.45, 2.75) is 249 Å². The molecule has 22 N–H and O–H groups in total. The second-order valence-corrected chi connectivity index (χ2v) is 23.6. The van der Waals surface area contributed by atoms with E-state index in [1.54, 1.807) is 0 Å². The van der Waals surface area contributed by atoms with Gasteiger partial charge in [-0.05, 0) is 44.6 Å². The zero-order valence-electron chi connectivity index (χ0n) is 51.3. The monoisotopic (exact) mass is 1350 g/mol. The van der Waals surface area contributed by atoms with Crippen molar-refractivity contribution in [3.8, 4) is 0 Å². The van der Waals surface area contributed by atoms with Crippen molar-refractivity contribution in [3.05, 3.63) is 12.7 Å². The lowest BCUT2D eigenvalue weighted by molar-refractivity contribution is -0.348. The maximum Gasteiger partial charge on any atom is 0.243 e. The Bertz CT molecular complexity index is 2100. The SMILES string of the molecule is C=CC(=O)NC(CCCO[C@@H]1O[C@H](CO)[C@@H](O[C@@H]2O[C@H](CO)[C@H](O)[C@H](O)[C@H]2O)[C@H](O)[C@H]1NC(C)=O)(CCCO[C@@H]1O[C@H](CO)[C@@H](O[C@@H]2O[C@H](CO)[C@H](O)[C@H](O)[C@H]2O)[C@H](O)[C@H]1NC(C)=O)CCCO[C@@H]1O[C@H](CO)[C@@H](O[C@@H]2O[C@H](CO)[C@H](O)[C@H](O)[C@H]2O)[C@H](O)[C@H]1NC(C)=O. The molecule has 4 amide bonds. The first-order valence-corrected chi connectivity index (χ1v) is 30.5. The molecular weight excluding hydrogens is 1260 g/mol. The lowest BCUT2D eigenvalue weighted by Gasteiger charge is -2.47. The van der Waals surface area contributed by atoms with E-state index in [2.05, 4.69) is 27.8 Å². The summed E-state index contributed by atoms with van der Waals surface area (Å²) in [6, 6.07) is -4.41. The minimum absolute atomic E-state index is 0.00354. The van der Waals surface area contributed by atoms with Crippen molar-refractivity contribution in [2.75, 3.05) is 59.5 Å². The van der Waals surface area contributed by atoms with E-state index in [0.29, 0.717) is 0 Å². The van der Waals surface area contributed by atoms with E-state index in [1.165, 1.54) is 0 Å². The summed E-state index contributed by atoms with van der Waals surface area (Å²) in [7, 11) is 0. The van der Waals surface area contributed by atoms with Crippen LogP contribution in [-0.2, 0) is 76.0 Å². The minimum atomic E-state index is -1.93. The van der Waals surface area contributed by atoms with Crippen molar-refractivity contribution in [1.29, 1.82) is 0 Å². The maximum absolute atomic E-state index is 13.5. The Kier molecular flexibility index (Phi) is 30.6. The Morgan fingerprint density at radius 2 is 0.624 bits per heavy atom. The van der Waals surface area contributed by atoms with Gasteiger partial charge in [-0.15, -0.1) is 0 Å². The van der Waals surface area contributed by atoms with E-state index >= 15 is 0 Å². The summed E-state index contributed by atoms with van der Waals surface area (Å²) >= 11 is 0. The Labute approximate surface area is 532 Å². The third-order valence-electron chi connectivity index (χ3n) is 16.9. The van der Waals surface area contributed by atoms with E-state index < -0.39 is 253 Å². The van der Waals surface area contributed by atoms with Gasteiger partial charge in [-0.3, -0.25) is 19.2 Å². The Morgan fingerprint density at radius 1 is 0.376 bits per heavy atom. The summed E-state index contributed by atoms with van der Waals surface area (Å²) in [5.41, 5.74) is -1.34. The van der Waals surface area contributed by atoms with E-state index in [0.717, 1.165) is 26.8 Å². The molecule has 0 aliphatic carbocycles. The highest BCUT2D eigenvalue weighted by Gasteiger charge is 2.55. The summed E-state index contributed by atoms with van der Waals surface area (Å²) < 4.78 is 70.1. The maximum atomic E-state index is 13.5. The van der Waals surface area contributed by atoms with Crippen LogP contribution in [0.4, 0.5) is 0 Å². The molecule has 30 atom stereocenters. The highest BCUT2D eigenvalue weighted by atomic mass is 16.8. The summed E-state index contributed by atoms with van der Waals surface area (Å²) in [6.45, 7) is 0.997. The van der Waals surface area contributed by atoms with Crippen LogP contribution in [0.25, 0.3) is 0 Å². The summed E-state index contributed by atoms with van der Waals surface area (Å²) in [4.78, 5) is 51.3. The zero-order chi connectivity index (χ0) is 68.8. The summed E-state index contributed by atoms with van der Waals surface area (Å²) in [5.74, 6) is -2.79. The molecular formula is C55H94N4O34. The Hall–Kier alpha value is -3.58. The molecule has 0 aromatic heterocycles. The van der Waals surface area contributed by atoms with Gasteiger partial charge in [0.05, 0.1) is 39.6 Å². The minimum Gasteiger partial charge on any atom is -0.394 e. The number of ether oxygens (including phenoxy) is 12. The number of carbonyl (C=O) groups excluding carboxylic acids is 4. The molecule has 0 radical (unpaired) electrons. The molecule has 38 nitrogen and oxygen atoms in total. The van der Waals surface area contributed by atoms with Crippen LogP contribution in [0.5, 0.6) is 0 Å². The van der Waals surface area contributed by atoms with E-state index in [-0.39, 0.29) is 58.3 Å². The molecule has 0 aromatic rings.